The Hall–Kier alpha value is -2.18. The average molecular weight is 800 g/mol. The number of hydrogen-bond donors (Lipinski definition) is 3. The molecule has 1 amide bonds. The fourth-order valence-electron chi connectivity index (χ4n) is 7.19. The van der Waals surface area contributed by atoms with Crippen LogP contribution in [0, 0.1) is 0 Å². The zero-order valence-electron chi connectivity index (χ0n) is 37.7. The van der Waals surface area contributed by atoms with Gasteiger partial charge in [0.15, 0.2) is 0 Å². The van der Waals surface area contributed by atoms with Gasteiger partial charge in [0.1, 0.15) is 6.10 Å². The number of amides is 1. The van der Waals surface area contributed by atoms with Gasteiger partial charge in [-0.2, -0.15) is 0 Å². The molecule has 0 radical (unpaired) electrons. The molecule has 3 atom stereocenters. The highest BCUT2D eigenvalue weighted by molar-refractivity contribution is 5.77. The van der Waals surface area contributed by atoms with Gasteiger partial charge in [-0.15, -0.1) is 0 Å². The summed E-state index contributed by atoms with van der Waals surface area (Å²) in [6.07, 6.45) is 53.2. The van der Waals surface area contributed by atoms with Crippen LogP contribution >= 0.6 is 0 Å². The molecule has 0 aromatic rings. The SMILES string of the molecule is CCCCC/C=C\C/C=C\C/C=C\C/C=C\CCCC(=O)OC(CCCCCCCCCCCCCC)CC(=O)NC(CO)C(O)CCCCCCCCCCC. The van der Waals surface area contributed by atoms with Crippen LogP contribution in [0.25, 0.3) is 0 Å². The van der Waals surface area contributed by atoms with Crippen molar-refractivity contribution in [2.75, 3.05) is 6.61 Å². The van der Waals surface area contributed by atoms with E-state index in [4.69, 9.17) is 4.74 Å². The normalized spacial score (nSPS) is 13.7. The molecule has 0 rings (SSSR count). The molecule has 0 spiro atoms. The van der Waals surface area contributed by atoms with Crippen molar-refractivity contribution in [1.82, 2.24) is 5.32 Å². The summed E-state index contributed by atoms with van der Waals surface area (Å²) in [4.78, 5) is 26.0. The lowest BCUT2D eigenvalue weighted by atomic mass is 10.0. The number of allylic oxidation sites excluding steroid dienone is 8. The summed E-state index contributed by atoms with van der Waals surface area (Å²) in [5.74, 6) is -0.537. The average Bonchev–Trinajstić information content (AvgIpc) is 3.20. The molecular formula is C51H93NO5. The standard InChI is InChI=1S/C51H93NO5/c1-4-7-10-13-16-19-21-23-24-25-26-27-29-32-35-38-41-44-51(56)57-47(42-39-36-33-31-28-22-20-17-14-11-8-5-2)45-50(55)52-48(46-53)49(54)43-40-37-34-30-18-15-12-9-6-3/h16,19,23-24,26-27,32,35,47-49,53-54H,4-15,17-18,20-22,25,28-31,33-34,36-46H2,1-3H3,(H,52,55)/b19-16-,24-23-,27-26-,35-32-. The number of unbranched alkanes of at least 4 members (excludes halogenated alkanes) is 23. The van der Waals surface area contributed by atoms with Crippen LogP contribution in [-0.2, 0) is 14.3 Å². The Morgan fingerprint density at radius 3 is 1.35 bits per heavy atom. The maximum atomic E-state index is 13.1. The molecule has 0 saturated heterocycles. The van der Waals surface area contributed by atoms with E-state index in [2.05, 4.69) is 74.7 Å². The Morgan fingerprint density at radius 2 is 0.895 bits per heavy atom. The summed E-state index contributed by atoms with van der Waals surface area (Å²) in [5, 5.41) is 23.6. The van der Waals surface area contributed by atoms with Crippen molar-refractivity contribution in [1.29, 1.82) is 0 Å². The van der Waals surface area contributed by atoms with Crippen molar-refractivity contribution in [3.05, 3.63) is 48.6 Å². The molecule has 6 heteroatoms. The van der Waals surface area contributed by atoms with E-state index in [1.807, 2.05) is 0 Å². The molecule has 0 aliphatic carbocycles. The first kappa shape index (κ1) is 54.8. The van der Waals surface area contributed by atoms with Crippen LogP contribution in [0.5, 0.6) is 0 Å². The highest BCUT2D eigenvalue weighted by Gasteiger charge is 2.24. The maximum absolute atomic E-state index is 13.1. The smallest absolute Gasteiger partial charge is 0.306 e. The largest absolute Gasteiger partial charge is 0.462 e. The van der Waals surface area contributed by atoms with Crippen LogP contribution in [0.1, 0.15) is 239 Å². The van der Waals surface area contributed by atoms with Gasteiger partial charge in [0.2, 0.25) is 5.91 Å². The van der Waals surface area contributed by atoms with Crippen LogP contribution < -0.4 is 5.32 Å². The summed E-state index contributed by atoms with van der Waals surface area (Å²) < 4.78 is 5.89. The predicted octanol–water partition coefficient (Wildman–Crippen LogP) is 14.3. The quantitative estimate of drug-likeness (QED) is 0.0324. The maximum Gasteiger partial charge on any atom is 0.306 e. The molecule has 0 aliphatic rings. The summed E-state index contributed by atoms with van der Waals surface area (Å²) in [7, 11) is 0. The fourth-order valence-corrected chi connectivity index (χ4v) is 7.19. The lowest BCUT2D eigenvalue weighted by Crippen LogP contribution is -2.46. The number of aliphatic hydroxyl groups is 2. The van der Waals surface area contributed by atoms with Gasteiger partial charge in [-0.1, -0.05) is 211 Å². The van der Waals surface area contributed by atoms with E-state index < -0.39 is 18.2 Å². The Kier molecular flexibility index (Phi) is 43.2. The molecule has 0 bridgehead atoms. The van der Waals surface area contributed by atoms with E-state index >= 15 is 0 Å². The molecule has 57 heavy (non-hydrogen) atoms. The number of nitrogens with one attached hydrogen (secondary N) is 1. The summed E-state index contributed by atoms with van der Waals surface area (Å²) in [5.41, 5.74) is 0. The van der Waals surface area contributed by atoms with Crippen LogP contribution in [0.2, 0.25) is 0 Å². The summed E-state index contributed by atoms with van der Waals surface area (Å²) >= 11 is 0. The highest BCUT2D eigenvalue weighted by atomic mass is 16.5. The minimum atomic E-state index is -0.793. The third-order valence-electron chi connectivity index (χ3n) is 10.9. The Morgan fingerprint density at radius 1 is 0.509 bits per heavy atom. The zero-order valence-corrected chi connectivity index (χ0v) is 37.7. The van der Waals surface area contributed by atoms with E-state index in [0.29, 0.717) is 25.7 Å². The van der Waals surface area contributed by atoms with E-state index in [-0.39, 0.29) is 24.9 Å². The molecule has 0 heterocycles. The number of hydrogen-bond acceptors (Lipinski definition) is 5. The first-order valence-corrected chi connectivity index (χ1v) is 24.4. The zero-order chi connectivity index (χ0) is 41.7. The van der Waals surface area contributed by atoms with Crippen molar-refractivity contribution in [3.8, 4) is 0 Å². The Balaban J connectivity index is 4.65. The van der Waals surface area contributed by atoms with E-state index in [9.17, 15) is 19.8 Å². The first-order chi connectivity index (χ1) is 28.0. The third-order valence-corrected chi connectivity index (χ3v) is 10.9. The van der Waals surface area contributed by atoms with Crippen molar-refractivity contribution < 1.29 is 24.5 Å². The van der Waals surface area contributed by atoms with Crippen molar-refractivity contribution >= 4 is 11.9 Å². The fraction of sp³-hybridized carbons (Fsp3) is 0.804. The molecule has 3 unspecified atom stereocenters. The van der Waals surface area contributed by atoms with E-state index in [1.54, 1.807) is 0 Å². The van der Waals surface area contributed by atoms with E-state index in [0.717, 1.165) is 64.2 Å². The lowest BCUT2D eigenvalue weighted by molar-refractivity contribution is -0.151. The number of ether oxygens (including phenoxy) is 1. The van der Waals surface area contributed by atoms with Crippen LogP contribution in [0.4, 0.5) is 0 Å². The summed E-state index contributed by atoms with van der Waals surface area (Å²) in [6.45, 7) is 6.42. The number of carbonyl (C=O) groups is 2. The van der Waals surface area contributed by atoms with Gasteiger partial charge >= 0.3 is 5.97 Å². The van der Waals surface area contributed by atoms with Gasteiger partial charge in [0.05, 0.1) is 25.2 Å². The lowest BCUT2D eigenvalue weighted by Gasteiger charge is -2.24. The van der Waals surface area contributed by atoms with Gasteiger partial charge in [-0.3, -0.25) is 9.59 Å². The second-order valence-corrected chi connectivity index (χ2v) is 16.5. The topological polar surface area (TPSA) is 95.9 Å². The van der Waals surface area contributed by atoms with Gasteiger partial charge in [-0.25, -0.2) is 0 Å². The van der Waals surface area contributed by atoms with Crippen LogP contribution in [-0.4, -0.2) is 46.9 Å². The first-order valence-electron chi connectivity index (χ1n) is 24.4. The minimum Gasteiger partial charge on any atom is -0.462 e. The Labute approximate surface area is 353 Å². The van der Waals surface area contributed by atoms with Crippen molar-refractivity contribution in [2.45, 2.75) is 257 Å². The predicted molar refractivity (Wildman–Crippen MR) is 245 cm³/mol. The third kappa shape index (κ3) is 40.4. The monoisotopic (exact) mass is 800 g/mol. The van der Waals surface area contributed by atoms with Gasteiger partial charge in [0.25, 0.3) is 0 Å². The molecule has 0 saturated carbocycles. The highest BCUT2D eigenvalue weighted by Crippen LogP contribution is 2.17. The number of esters is 1. The van der Waals surface area contributed by atoms with Gasteiger partial charge in [-0.05, 0) is 64.2 Å². The summed E-state index contributed by atoms with van der Waals surface area (Å²) in [6, 6.07) is -0.708. The second kappa shape index (κ2) is 44.9. The Bertz CT molecular complexity index is 988. The molecule has 332 valence electrons. The second-order valence-electron chi connectivity index (χ2n) is 16.5. The minimum absolute atomic E-state index is 0.0577. The molecule has 0 aromatic carbocycles. The molecule has 6 nitrogen and oxygen atoms in total. The van der Waals surface area contributed by atoms with Gasteiger partial charge in [0, 0.05) is 6.42 Å². The number of carbonyl (C=O) groups excluding carboxylic acids is 2. The van der Waals surface area contributed by atoms with Crippen molar-refractivity contribution in [2.24, 2.45) is 0 Å². The number of aliphatic hydroxyl groups excluding tert-OH is 2. The number of rotatable bonds is 43. The molecule has 3 N–H and O–H groups in total. The molecule has 0 aromatic heterocycles. The van der Waals surface area contributed by atoms with E-state index in [1.165, 1.54) is 122 Å². The van der Waals surface area contributed by atoms with Crippen LogP contribution in [0.3, 0.4) is 0 Å². The molecule has 0 aliphatic heterocycles. The molecular weight excluding hydrogens is 707 g/mol. The van der Waals surface area contributed by atoms with Crippen molar-refractivity contribution in [3.63, 3.8) is 0 Å². The van der Waals surface area contributed by atoms with Crippen LogP contribution in [0.15, 0.2) is 48.6 Å². The molecule has 0 fully saturated rings. The van der Waals surface area contributed by atoms with Gasteiger partial charge < -0.3 is 20.3 Å².